The van der Waals surface area contributed by atoms with Crippen molar-refractivity contribution in [3.63, 3.8) is 0 Å². The molecular formula is C45H55NO18. The van der Waals surface area contributed by atoms with Crippen LogP contribution in [0.5, 0.6) is 5.75 Å². The van der Waals surface area contributed by atoms with E-state index >= 15 is 4.79 Å². The van der Waals surface area contributed by atoms with Gasteiger partial charge in [0.05, 0.1) is 60.2 Å². The number of phenolic OH excluding ortho intramolecular Hbond substituents is 1. The number of aromatic hydroxyl groups is 1. The molecule has 0 saturated carbocycles. The Morgan fingerprint density at radius 2 is 1.53 bits per heavy atom. The smallest absolute Gasteiger partial charge is 0.345 e. The van der Waals surface area contributed by atoms with Crippen molar-refractivity contribution in [1.82, 2.24) is 0 Å². The lowest BCUT2D eigenvalue weighted by molar-refractivity contribution is -0.291. The summed E-state index contributed by atoms with van der Waals surface area (Å²) in [6.07, 6.45) is -13.2. The maximum Gasteiger partial charge on any atom is 0.345 e. The van der Waals surface area contributed by atoms with Gasteiger partial charge in [-0.2, -0.15) is 0 Å². The highest BCUT2D eigenvalue weighted by Gasteiger charge is 2.60. The number of hydrogen-bond donors (Lipinski definition) is 6. The molecule has 1 aliphatic carbocycles. The number of esters is 1. The van der Waals surface area contributed by atoms with Crippen LogP contribution in [0.2, 0.25) is 0 Å². The first-order valence-corrected chi connectivity index (χ1v) is 21.2. The van der Waals surface area contributed by atoms with Gasteiger partial charge in [0.1, 0.15) is 53.7 Å². The van der Waals surface area contributed by atoms with Crippen molar-refractivity contribution in [3.05, 3.63) is 73.6 Å². The molecule has 0 radical (unpaired) electrons. The van der Waals surface area contributed by atoms with E-state index in [1.807, 2.05) is 0 Å². The molecule has 0 amide bonds. The number of aliphatic hydroxyl groups is 4. The second kappa shape index (κ2) is 16.3. The number of carbonyl (C=O) groups is 3. The van der Waals surface area contributed by atoms with E-state index in [-0.39, 0.29) is 29.7 Å². The minimum absolute atomic E-state index is 0.0433. The average molecular weight is 898 g/mol. The summed E-state index contributed by atoms with van der Waals surface area (Å²) in [6.45, 7) is 9.96. The number of ketones is 2. The van der Waals surface area contributed by atoms with Crippen LogP contribution in [0.4, 0.5) is 0 Å². The predicted octanol–water partition coefficient (Wildman–Crippen LogP) is 1.26. The zero-order valence-electron chi connectivity index (χ0n) is 36.8. The molecule has 7 N–H and O–H groups in total. The summed E-state index contributed by atoms with van der Waals surface area (Å²) >= 11 is 0. The van der Waals surface area contributed by atoms with Crippen LogP contribution in [0.3, 0.4) is 0 Å². The fraction of sp³-hybridized carbons (Fsp3) is 0.600. The number of benzene rings is 2. The number of nitrogens with two attached hydrogens (primary N) is 1. The lowest BCUT2D eigenvalue weighted by Crippen LogP contribution is -2.65. The van der Waals surface area contributed by atoms with E-state index in [0.29, 0.717) is 0 Å². The van der Waals surface area contributed by atoms with E-state index in [2.05, 4.69) is 0 Å². The van der Waals surface area contributed by atoms with Gasteiger partial charge in [-0.15, -0.1) is 0 Å². The van der Waals surface area contributed by atoms with E-state index in [1.54, 1.807) is 34.6 Å². The van der Waals surface area contributed by atoms with E-state index in [0.717, 1.165) is 19.2 Å². The Labute approximate surface area is 367 Å². The topological polar surface area (TPSA) is 286 Å². The van der Waals surface area contributed by atoms with E-state index < -0.39 is 158 Å². The quantitative estimate of drug-likeness (QED) is 0.102. The molecule has 19 heteroatoms. The number of aliphatic hydroxyl groups excluding tert-OH is 3. The molecule has 8 rings (SSSR count). The van der Waals surface area contributed by atoms with Crippen molar-refractivity contribution >= 4 is 28.5 Å². The van der Waals surface area contributed by atoms with Gasteiger partial charge in [-0.1, -0.05) is 6.07 Å². The Balaban J connectivity index is 1.24. The van der Waals surface area contributed by atoms with Crippen molar-refractivity contribution in [3.8, 4) is 5.75 Å². The second-order valence-corrected chi connectivity index (χ2v) is 18.0. The Bertz CT molecular complexity index is 2450. The fourth-order valence-electron chi connectivity index (χ4n) is 10.00. The molecule has 0 bridgehead atoms. The van der Waals surface area contributed by atoms with Crippen molar-refractivity contribution in [1.29, 1.82) is 0 Å². The second-order valence-electron chi connectivity index (χ2n) is 18.0. The van der Waals surface area contributed by atoms with Crippen LogP contribution in [0.15, 0.2) is 33.5 Å². The molecule has 1 aromatic heterocycles. The summed E-state index contributed by atoms with van der Waals surface area (Å²) in [5, 5.41) is 56.9. The molecule has 5 aliphatic rings. The maximum absolute atomic E-state index is 15.0. The van der Waals surface area contributed by atoms with Gasteiger partial charge in [-0.3, -0.25) is 14.4 Å². The summed E-state index contributed by atoms with van der Waals surface area (Å²) in [4.78, 5) is 58.1. The van der Waals surface area contributed by atoms with Crippen molar-refractivity contribution in [2.45, 2.75) is 151 Å². The third-order valence-electron chi connectivity index (χ3n) is 13.9. The molecular weight excluding hydrogens is 842 g/mol. The lowest BCUT2D eigenvalue weighted by Gasteiger charge is -2.48. The monoisotopic (exact) mass is 897 g/mol. The van der Waals surface area contributed by atoms with Crippen LogP contribution in [-0.2, 0) is 53.9 Å². The van der Waals surface area contributed by atoms with Crippen LogP contribution in [0.25, 0.3) is 11.0 Å². The number of fused-ring (bicyclic) bond motifs is 4. The van der Waals surface area contributed by atoms with Gasteiger partial charge in [-0.25, -0.2) is 4.79 Å². The molecule has 64 heavy (non-hydrogen) atoms. The highest BCUT2D eigenvalue weighted by Crippen LogP contribution is 2.50. The number of phenols is 1. The molecule has 4 aliphatic heterocycles. The Morgan fingerprint density at radius 3 is 2.14 bits per heavy atom. The highest BCUT2D eigenvalue weighted by atomic mass is 16.7. The number of carbonyl (C=O) groups excluding carboxylic acids is 3. The Morgan fingerprint density at radius 1 is 0.859 bits per heavy atom. The van der Waals surface area contributed by atoms with E-state index in [4.69, 9.17) is 48.0 Å². The predicted molar refractivity (Wildman–Crippen MR) is 220 cm³/mol. The first-order valence-electron chi connectivity index (χ1n) is 21.2. The summed E-state index contributed by atoms with van der Waals surface area (Å²) in [7, 11) is 3.62. The molecule has 19 nitrogen and oxygen atoms in total. The van der Waals surface area contributed by atoms with Crippen LogP contribution in [-0.4, -0.2) is 143 Å². The van der Waals surface area contributed by atoms with Crippen molar-refractivity contribution in [2.24, 2.45) is 5.73 Å². The van der Waals surface area contributed by atoms with Crippen molar-refractivity contribution in [2.75, 3.05) is 21.3 Å². The molecule has 348 valence electrons. The van der Waals surface area contributed by atoms with Crippen molar-refractivity contribution < 1.29 is 82.2 Å². The molecule has 3 aromatic rings. The first kappa shape index (κ1) is 46.3. The first-order chi connectivity index (χ1) is 30.0. The summed E-state index contributed by atoms with van der Waals surface area (Å²) in [5.41, 5.74) is -1.94. The fourth-order valence-corrected chi connectivity index (χ4v) is 10.00. The molecule has 2 aromatic carbocycles. The molecule has 3 unspecified atom stereocenters. The third-order valence-corrected chi connectivity index (χ3v) is 13.9. The van der Waals surface area contributed by atoms with Gasteiger partial charge in [0.2, 0.25) is 11.4 Å². The summed E-state index contributed by atoms with van der Waals surface area (Å²) in [5.74, 6) is -3.88. The number of epoxide rings is 1. The number of methoxy groups -OCH3 is 3. The number of ether oxygens (including phenoxy) is 8. The lowest BCUT2D eigenvalue weighted by atomic mass is 9.74. The van der Waals surface area contributed by atoms with Crippen LogP contribution in [0, 0.1) is 0 Å². The van der Waals surface area contributed by atoms with Gasteiger partial charge >= 0.3 is 5.97 Å². The van der Waals surface area contributed by atoms with Gasteiger partial charge in [0.25, 0.3) is 0 Å². The highest BCUT2D eigenvalue weighted by molar-refractivity contribution is 6.32. The minimum atomic E-state index is -3.11. The SMILES string of the molecule is COC(=O)C(O)(c1cc2c(c3oc(C4(C)OC4C)cc(=O)c13)C(=O)c1c(ccc([C@H]3C[C@](C)(N)[C@H](O[C@@H]4C[C@H](OC)[C@H](O)[C@@H](C)O4)[C@H](C)O3)c1O)C2=O)[C@H]1O[C@H](C)[C@@H](O)[C@@H](OC)[C@@H]1O. The van der Waals surface area contributed by atoms with Gasteiger partial charge < -0.3 is 73.6 Å². The minimum Gasteiger partial charge on any atom is -0.507 e. The third kappa shape index (κ3) is 7.03. The maximum atomic E-state index is 15.0. The molecule has 16 atom stereocenters. The Kier molecular flexibility index (Phi) is 11.8. The zero-order chi connectivity index (χ0) is 46.7. The number of hydrogen-bond acceptors (Lipinski definition) is 19. The zero-order valence-corrected chi connectivity index (χ0v) is 36.8. The van der Waals surface area contributed by atoms with E-state index in [9.17, 15) is 39.9 Å². The standard InChI is InChI=1S/C45H55NO18/c1-16-32(48)25(56-7)14-28(60-16)63-40-18(3)59-26(15-43(40,5)46)20-10-11-21-29(35(20)51)36(52)30-22(34(21)50)12-23(31-24(47)13-27(62-38(30)31)44(6)19(4)64-44)45(55,42(54)58-9)41-37(53)39(57-8)33(49)17(2)61-41/h10-13,16-19,25-26,28,32-33,37,39-41,48-49,51,53,55H,14-15,46H2,1-9H3/t16-,17-,18+,19?,25+,26-,28-,32-,33-,37+,39-,40-,41+,43+,44?,45?/m1/s1. The average Bonchev–Trinajstić information content (AvgIpc) is 3.88. The van der Waals surface area contributed by atoms with E-state index in [1.165, 1.54) is 33.3 Å². The van der Waals surface area contributed by atoms with Gasteiger partial charge in [-0.05, 0) is 60.1 Å². The summed E-state index contributed by atoms with van der Waals surface area (Å²) < 4.78 is 52.5. The number of rotatable bonds is 9. The largest absolute Gasteiger partial charge is 0.507 e. The molecule has 5 heterocycles. The Hall–Kier alpha value is -4.22. The van der Waals surface area contributed by atoms with Crippen LogP contribution < -0.4 is 11.2 Å². The normalized spacial score (nSPS) is 38.3. The summed E-state index contributed by atoms with van der Waals surface area (Å²) in [6, 6.07) is 4.80. The molecule has 4 fully saturated rings. The molecule has 0 spiro atoms. The van der Waals surface area contributed by atoms with Gasteiger partial charge in [0, 0.05) is 54.5 Å². The van der Waals surface area contributed by atoms with Crippen LogP contribution in [0.1, 0.15) is 109 Å². The van der Waals surface area contributed by atoms with Gasteiger partial charge in [0.15, 0.2) is 23.1 Å². The molecule has 4 saturated heterocycles. The van der Waals surface area contributed by atoms with Crippen LogP contribution >= 0.6 is 0 Å².